The van der Waals surface area contributed by atoms with E-state index < -0.39 is 0 Å². The fourth-order valence-electron chi connectivity index (χ4n) is 1.51. The van der Waals surface area contributed by atoms with Crippen LogP contribution in [0.25, 0.3) is 10.9 Å². The molecule has 17 heavy (non-hydrogen) atoms. The van der Waals surface area contributed by atoms with Crippen molar-refractivity contribution in [3.05, 3.63) is 40.9 Å². The van der Waals surface area contributed by atoms with Crippen LogP contribution in [0.4, 0.5) is 0 Å². The van der Waals surface area contributed by atoms with Gasteiger partial charge in [-0.25, -0.2) is 4.98 Å². The molecular weight excluding hydrogens is 261 g/mol. The predicted octanol–water partition coefficient (Wildman–Crippen LogP) is 1.76. The fraction of sp³-hybridized carbons (Fsp3) is 0.273. The smallest absolute Gasteiger partial charge is 0.262 e. The van der Waals surface area contributed by atoms with Gasteiger partial charge in [0.05, 0.1) is 23.9 Å². The summed E-state index contributed by atoms with van der Waals surface area (Å²) in [6.07, 6.45) is 1.59. The Bertz CT molecular complexity index is 539. The summed E-state index contributed by atoms with van der Waals surface area (Å²) in [5, 5.41) is 0.668. The van der Waals surface area contributed by atoms with Gasteiger partial charge in [0.1, 0.15) is 0 Å². The van der Waals surface area contributed by atoms with Gasteiger partial charge < -0.3 is 0 Å². The normalized spacial score (nSPS) is 9.82. The SMILES string of the molecule is CN(C)Cn1cnc2ccccc2c1=O.Cl.Cl. The lowest BCUT2D eigenvalue weighted by molar-refractivity contribution is 0.320. The maximum Gasteiger partial charge on any atom is 0.262 e. The van der Waals surface area contributed by atoms with Crippen molar-refractivity contribution in [2.24, 2.45) is 0 Å². The van der Waals surface area contributed by atoms with Gasteiger partial charge in [0.15, 0.2) is 0 Å². The summed E-state index contributed by atoms with van der Waals surface area (Å²) in [6, 6.07) is 7.38. The van der Waals surface area contributed by atoms with E-state index in [2.05, 4.69) is 4.98 Å². The van der Waals surface area contributed by atoms with E-state index in [0.29, 0.717) is 12.1 Å². The molecule has 0 spiro atoms. The summed E-state index contributed by atoms with van der Waals surface area (Å²) in [7, 11) is 3.84. The largest absolute Gasteiger partial charge is 0.292 e. The van der Waals surface area contributed by atoms with Crippen LogP contribution in [0, 0.1) is 0 Å². The zero-order valence-electron chi connectivity index (χ0n) is 9.66. The molecule has 0 radical (unpaired) electrons. The van der Waals surface area contributed by atoms with E-state index in [1.165, 1.54) is 0 Å². The van der Waals surface area contributed by atoms with E-state index >= 15 is 0 Å². The first-order valence-electron chi connectivity index (χ1n) is 4.77. The minimum absolute atomic E-state index is 0. The number of hydrogen-bond acceptors (Lipinski definition) is 3. The maximum atomic E-state index is 12.0. The van der Waals surface area contributed by atoms with Gasteiger partial charge in [0, 0.05) is 0 Å². The monoisotopic (exact) mass is 275 g/mol. The summed E-state index contributed by atoms with van der Waals surface area (Å²) >= 11 is 0. The molecule has 2 rings (SSSR count). The molecule has 2 aromatic rings. The number of rotatable bonds is 2. The highest BCUT2D eigenvalue weighted by molar-refractivity contribution is 5.85. The molecule has 0 saturated carbocycles. The number of fused-ring (bicyclic) bond motifs is 1. The molecule has 0 amide bonds. The first kappa shape index (κ1) is 15.9. The topological polar surface area (TPSA) is 38.1 Å². The highest BCUT2D eigenvalue weighted by Gasteiger charge is 2.02. The molecule has 0 fully saturated rings. The van der Waals surface area contributed by atoms with Gasteiger partial charge >= 0.3 is 0 Å². The second-order valence-electron chi connectivity index (χ2n) is 3.76. The third-order valence-corrected chi connectivity index (χ3v) is 2.17. The first-order valence-corrected chi connectivity index (χ1v) is 4.77. The highest BCUT2D eigenvalue weighted by atomic mass is 35.5. The molecule has 0 atom stereocenters. The predicted molar refractivity (Wildman–Crippen MR) is 74.2 cm³/mol. The third-order valence-electron chi connectivity index (χ3n) is 2.17. The van der Waals surface area contributed by atoms with Crippen LogP contribution >= 0.6 is 24.8 Å². The minimum atomic E-state index is 0. The van der Waals surface area contributed by atoms with Crippen LogP contribution in [0.1, 0.15) is 0 Å². The molecule has 6 heteroatoms. The zero-order chi connectivity index (χ0) is 10.8. The van der Waals surface area contributed by atoms with Crippen molar-refractivity contribution >= 4 is 35.7 Å². The van der Waals surface area contributed by atoms with E-state index in [1.54, 1.807) is 17.0 Å². The first-order chi connectivity index (χ1) is 7.18. The van der Waals surface area contributed by atoms with Crippen molar-refractivity contribution in [1.82, 2.24) is 14.5 Å². The average Bonchev–Trinajstić information content (AvgIpc) is 2.22. The van der Waals surface area contributed by atoms with Gasteiger partial charge in [-0.1, -0.05) is 12.1 Å². The van der Waals surface area contributed by atoms with Gasteiger partial charge in [0.2, 0.25) is 0 Å². The Morgan fingerprint density at radius 3 is 2.53 bits per heavy atom. The lowest BCUT2D eigenvalue weighted by Gasteiger charge is -2.11. The van der Waals surface area contributed by atoms with Crippen molar-refractivity contribution in [3.63, 3.8) is 0 Å². The van der Waals surface area contributed by atoms with Crippen molar-refractivity contribution in [1.29, 1.82) is 0 Å². The standard InChI is InChI=1S/C11H13N3O.2ClH/c1-13(2)8-14-7-12-10-6-4-3-5-9(10)11(14)15;;/h3-7H,8H2,1-2H3;2*1H. The van der Waals surface area contributed by atoms with E-state index in [4.69, 9.17) is 0 Å². The van der Waals surface area contributed by atoms with Gasteiger partial charge in [0.25, 0.3) is 5.56 Å². The quantitative estimate of drug-likeness (QED) is 0.839. The molecule has 4 nitrogen and oxygen atoms in total. The number of hydrogen-bond donors (Lipinski definition) is 0. The summed E-state index contributed by atoms with van der Waals surface area (Å²) in [6.45, 7) is 0.552. The summed E-state index contributed by atoms with van der Waals surface area (Å²) in [5.41, 5.74) is 0.756. The second-order valence-corrected chi connectivity index (χ2v) is 3.76. The molecule has 0 aliphatic heterocycles. The molecule has 0 aliphatic rings. The zero-order valence-corrected chi connectivity index (χ0v) is 11.3. The summed E-state index contributed by atoms with van der Waals surface area (Å²) in [4.78, 5) is 18.1. The van der Waals surface area contributed by atoms with Crippen LogP contribution in [0.15, 0.2) is 35.4 Å². The molecule has 0 bridgehead atoms. The van der Waals surface area contributed by atoms with E-state index in [1.807, 2.05) is 37.2 Å². The Balaban J connectivity index is 0.00000128. The number of aromatic nitrogens is 2. The third kappa shape index (κ3) is 3.43. The van der Waals surface area contributed by atoms with Crippen LogP contribution in [0.5, 0.6) is 0 Å². The Labute approximate surface area is 112 Å². The van der Waals surface area contributed by atoms with E-state index in [-0.39, 0.29) is 30.4 Å². The van der Waals surface area contributed by atoms with Gasteiger partial charge in [-0.15, -0.1) is 24.8 Å². The summed E-state index contributed by atoms with van der Waals surface area (Å²) < 4.78 is 1.60. The molecule has 0 aliphatic carbocycles. The van der Waals surface area contributed by atoms with Gasteiger partial charge in [-0.05, 0) is 26.2 Å². The number of halogens is 2. The molecule has 0 saturated heterocycles. The molecule has 94 valence electrons. The van der Waals surface area contributed by atoms with Crippen LogP contribution in [-0.4, -0.2) is 28.5 Å². The van der Waals surface area contributed by atoms with Crippen LogP contribution < -0.4 is 5.56 Å². The Hall–Kier alpha value is -1.10. The van der Waals surface area contributed by atoms with Gasteiger partial charge in [-0.3, -0.25) is 14.3 Å². The lowest BCUT2D eigenvalue weighted by Crippen LogP contribution is -2.27. The van der Waals surface area contributed by atoms with Crippen LogP contribution in [0.2, 0.25) is 0 Å². The molecule has 0 unspecified atom stereocenters. The molecule has 1 aromatic heterocycles. The highest BCUT2D eigenvalue weighted by Crippen LogP contribution is 2.04. The van der Waals surface area contributed by atoms with Crippen LogP contribution in [-0.2, 0) is 6.67 Å². The lowest BCUT2D eigenvalue weighted by atomic mass is 10.2. The number of nitrogens with zero attached hydrogens (tertiary/aromatic N) is 3. The van der Waals surface area contributed by atoms with Crippen molar-refractivity contribution in [3.8, 4) is 0 Å². The maximum absolute atomic E-state index is 12.0. The molecular formula is C11H15Cl2N3O. The van der Waals surface area contributed by atoms with E-state index in [0.717, 1.165) is 5.52 Å². The Kier molecular flexibility index (Phi) is 6.16. The molecule has 1 heterocycles. The van der Waals surface area contributed by atoms with Crippen LogP contribution in [0.3, 0.4) is 0 Å². The van der Waals surface area contributed by atoms with Crippen molar-refractivity contribution < 1.29 is 0 Å². The van der Waals surface area contributed by atoms with E-state index in [9.17, 15) is 4.79 Å². The molecule has 0 N–H and O–H groups in total. The van der Waals surface area contributed by atoms with Crippen molar-refractivity contribution in [2.75, 3.05) is 14.1 Å². The Morgan fingerprint density at radius 1 is 1.24 bits per heavy atom. The minimum Gasteiger partial charge on any atom is -0.292 e. The number of benzene rings is 1. The Morgan fingerprint density at radius 2 is 1.88 bits per heavy atom. The molecule has 1 aromatic carbocycles. The number of para-hydroxylation sites is 1. The average molecular weight is 276 g/mol. The van der Waals surface area contributed by atoms with Crippen molar-refractivity contribution in [2.45, 2.75) is 6.67 Å². The second kappa shape index (κ2) is 6.59. The summed E-state index contributed by atoms with van der Waals surface area (Å²) in [5.74, 6) is 0. The fourth-order valence-corrected chi connectivity index (χ4v) is 1.51. The van der Waals surface area contributed by atoms with Gasteiger partial charge in [-0.2, -0.15) is 0 Å².